The molecule has 3 N–H and O–H groups in total. The zero-order valence-electron chi connectivity index (χ0n) is 17.2. The molecule has 0 aliphatic rings. The van der Waals surface area contributed by atoms with Gasteiger partial charge in [0.2, 0.25) is 5.91 Å². The number of benzene rings is 3. The summed E-state index contributed by atoms with van der Waals surface area (Å²) in [4.78, 5) is 24.5. The molecule has 7 nitrogen and oxygen atoms in total. The molecule has 0 aliphatic carbocycles. The molecule has 0 saturated carbocycles. The largest absolute Gasteiger partial charge is 0.326 e. The standard InChI is InChI=1S/C23H23N3O4S/c1-3-22(27)24-18-13-12-16(2)21(15-18)25-23(28)17-8-7-9-19(14-17)26-31(29,30)20-10-5-4-6-11-20/h4-15,26H,3H2,1-2H3,(H,24,27)(H,25,28). The third-order valence-electron chi connectivity index (χ3n) is 4.52. The number of nitrogens with one attached hydrogen (secondary N) is 3. The molecular weight excluding hydrogens is 414 g/mol. The van der Waals surface area contributed by atoms with Crippen molar-refractivity contribution in [2.24, 2.45) is 0 Å². The first-order valence-electron chi connectivity index (χ1n) is 9.68. The maximum Gasteiger partial charge on any atom is 0.261 e. The van der Waals surface area contributed by atoms with Crippen LogP contribution >= 0.6 is 0 Å². The van der Waals surface area contributed by atoms with Crippen LogP contribution in [0.4, 0.5) is 17.1 Å². The van der Waals surface area contributed by atoms with Crippen LogP contribution in [-0.4, -0.2) is 20.2 Å². The third-order valence-corrected chi connectivity index (χ3v) is 5.92. The first-order valence-corrected chi connectivity index (χ1v) is 11.2. The summed E-state index contributed by atoms with van der Waals surface area (Å²) in [7, 11) is -3.76. The second-order valence-electron chi connectivity index (χ2n) is 6.88. The Labute approximate surface area is 181 Å². The second-order valence-corrected chi connectivity index (χ2v) is 8.57. The van der Waals surface area contributed by atoms with Gasteiger partial charge in [0.1, 0.15) is 0 Å². The van der Waals surface area contributed by atoms with Crippen molar-refractivity contribution in [3.63, 3.8) is 0 Å². The zero-order chi connectivity index (χ0) is 22.4. The molecule has 0 bridgehead atoms. The van der Waals surface area contributed by atoms with Gasteiger partial charge in [-0.25, -0.2) is 8.42 Å². The normalized spacial score (nSPS) is 10.9. The molecule has 0 fully saturated rings. The lowest BCUT2D eigenvalue weighted by atomic mass is 10.1. The quantitative estimate of drug-likeness (QED) is 0.510. The van der Waals surface area contributed by atoms with Crippen LogP contribution in [-0.2, 0) is 14.8 Å². The Hall–Kier alpha value is -3.65. The van der Waals surface area contributed by atoms with E-state index in [1.54, 1.807) is 61.5 Å². The maximum atomic E-state index is 12.8. The number of hydrogen-bond acceptors (Lipinski definition) is 4. The molecule has 160 valence electrons. The van der Waals surface area contributed by atoms with Gasteiger partial charge in [0.15, 0.2) is 0 Å². The molecular formula is C23H23N3O4S. The Morgan fingerprint density at radius 2 is 1.58 bits per heavy atom. The van der Waals surface area contributed by atoms with Gasteiger partial charge < -0.3 is 10.6 Å². The summed E-state index contributed by atoms with van der Waals surface area (Å²) in [6.45, 7) is 3.59. The van der Waals surface area contributed by atoms with E-state index in [0.29, 0.717) is 17.8 Å². The van der Waals surface area contributed by atoms with E-state index in [4.69, 9.17) is 0 Å². The fraction of sp³-hybridized carbons (Fsp3) is 0.130. The number of aryl methyl sites for hydroxylation is 1. The van der Waals surface area contributed by atoms with E-state index in [0.717, 1.165) is 5.56 Å². The minimum absolute atomic E-state index is 0.125. The van der Waals surface area contributed by atoms with Crippen molar-refractivity contribution in [3.8, 4) is 0 Å². The number of amides is 2. The molecule has 0 radical (unpaired) electrons. The average Bonchev–Trinajstić information content (AvgIpc) is 2.76. The highest BCUT2D eigenvalue weighted by molar-refractivity contribution is 7.92. The number of anilines is 3. The molecule has 3 rings (SSSR count). The smallest absolute Gasteiger partial charge is 0.261 e. The lowest BCUT2D eigenvalue weighted by molar-refractivity contribution is -0.115. The van der Waals surface area contributed by atoms with Crippen molar-refractivity contribution in [2.75, 3.05) is 15.4 Å². The van der Waals surface area contributed by atoms with E-state index >= 15 is 0 Å². The Kier molecular flexibility index (Phi) is 6.71. The van der Waals surface area contributed by atoms with E-state index in [-0.39, 0.29) is 22.1 Å². The van der Waals surface area contributed by atoms with Gasteiger partial charge in [0.05, 0.1) is 4.90 Å². The van der Waals surface area contributed by atoms with E-state index in [1.165, 1.54) is 18.2 Å². The van der Waals surface area contributed by atoms with Crippen LogP contribution < -0.4 is 15.4 Å². The molecule has 0 spiro atoms. The van der Waals surface area contributed by atoms with Gasteiger partial charge in [-0.05, 0) is 55.0 Å². The summed E-state index contributed by atoms with van der Waals surface area (Å²) in [6, 6.07) is 19.5. The lowest BCUT2D eigenvalue weighted by Gasteiger charge is -2.12. The Morgan fingerprint density at radius 3 is 2.29 bits per heavy atom. The zero-order valence-corrected chi connectivity index (χ0v) is 18.0. The molecule has 31 heavy (non-hydrogen) atoms. The van der Waals surface area contributed by atoms with Crippen molar-refractivity contribution in [1.82, 2.24) is 0 Å². The number of rotatable bonds is 7. The van der Waals surface area contributed by atoms with Crippen LogP contribution in [0.15, 0.2) is 77.7 Å². The Bertz CT molecular complexity index is 1210. The van der Waals surface area contributed by atoms with Crippen molar-refractivity contribution in [3.05, 3.63) is 83.9 Å². The van der Waals surface area contributed by atoms with Gasteiger partial charge in [0, 0.05) is 29.0 Å². The molecule has 3 aromatic carbocycles. The van der Waals surface area contributed by atoms with Gasteiger partial charge in [-0.1, -0.05) is 37.3 Å². The van der Waals surface area contributed by atoms with Crippen LogP contribution in [0.2, 0.25) is 0 Å². The molecule has 8 heteroatoms. The second kappa shape index (κ2) is 9.44. The first-order chi connectivity index (χ1) is 14.8. The van der Waals surface area contributed by atoms with Crippen molar-refractivity contribution >= 4 is 38.9 Å². The minimum atomic E-state index is -3.76. The van der Waals surface area contributed by atoms with Crippen LogP contribution in [0.25, 0.3) is 0 Å². The average molecular weight is 438 g/mol. The van der Waals surface area contributed by atoms with E-state index < -0.39 is 15.9 Å². The summed E-state index contributed by atoms with van der Waals surface area (Å²) in [5.74, 6) is -0.526. The summed E-state index contributed by atoms with van der Waals surface area (Å²) in [6.07, 6.45) is 0.348. The topological polar surface area (TPSA) is 104 Å². The first kappa shape index (κ1) is 22.0. The predicted octanol–water partition coefficient (Wildman–Crippen LogP) is 4.40. The van der Waals surface area contributed by atoms with Crippen LogP contribution in [0.3, 0.4) is 0 Å². The number of carbonyl (C=O) groups is 2. The minimum Gasteiger partial charge on any atom is -0.326 e. The summed E-state index contributed by atoms with van der Waals surface area (Å²) < 4.78 is 27.5. The van der Waals surface area contributed by atoms with Gasteiger partial charge in [0.25, 0.3) is 15.9 Å². The fourth-order valence-corrected chi connectivity index (χ4v) is 3.89. The maximum absolute atomic E-state index is 12.8. The van der Waals surface area contributed by atoms with Crippen LogP contribution in [0, 0.1) is 6.92 Å². The van der Waals surface area contributed by atoms with Gasteiger partial charge in [-0.15, -0.1) is 0 Å². The number of carbonyl (C=O) groups excluding carboxylic acids is 2. The molecule has 0 aromatic heterocycles. The van der Waals surface area contributed by atoms with E-state index in [9.17, 15) is 18.0 Å². The highest BCUT2D eigenvalue weighted by Crippen LogP contribution is 2.22. The van der Waals surface area contributed by atoms with Crippen LogP contribution in [0.1, 0.15) is 29.3 Å². The Morgan fingerprint density at radius 1 is 0.839 bits per heavy atom. The number of sulfonamides is 1. The van der Waals surface area contributed by atoms with Crippen molar-refractivity contribution in [2.45, 2.75) is 25.2 Å². The summed E-state index contributed by atoms with van der Waals surface area (Å²) in [5.41, 5.74) is 2.52. The predicted molar refractivity (Wildman–Crippen MR) is 122 cm³/mol. The molecule has 2 amide bonds. The monoisotopic (exact) mass is 437 g/mol. The van der Waals surface area contributed by atoms with Crippen molar-refractivity contribution < 1.29 is 18.0 Å². The molecule has 3 aromatic rings. The van der Waals surface area contributed by atoms with E-state index in [2.05, 4.69) is 15.4 Å². The SMILES string of the molecule is CCC(=O)Nc1ccc(C)c(NC(=O)c2cccc(NS(=O)(=O)c3ccccc3)c2)c1. The van der Waals surface area contributed by atoms with Gasteiger partial charge >= 0.3 is 0 Å². The molecule has 0 saturated heterocycles. The summed E-state index contributed by atoms with van der Waals surface area (Å²) in [5, 5.41) is 5.57. The highest BCUT2D eigenvalue weighted by atomic mass is 32.2. The van der Waals surface area contributed by atoms with E-state index in [1.807, 2.05) is 6.92 Å². The van der Waals surface area contributed by atoms with Gasteiger partial charge in [-0.2, -0.15) is 0 Å². The fourth-order valence-electron chi connectivity index (χ4n) is 2.82. The van der Waals surface area contributed by atoms with Crippen molar-refractivity contribution in [1.29, 1.82) is 0 Å². The molecule has 0 atom stereocenters. The Balaban J connectivity index is 1.78. The van der Waals surface area contributed by atoms with Crippen LogP contribution in [0.5, 0.6) is 0 Å². The molecule has 0 aliphatic heterocycles. The highest BCUT2D eigenvalue weighted by Gasteiger charge is 2.15. The lowest BCUT2D eigenvalue weighted by Crippen LogP contribution is -2.16. The molecule has 0 unspecified atom stereocenters. The number of hydrogen-bond donors (Lipinski definition) is 3. The molecule has 0 heterocycles. The third kappa shape index (κ3) is 5.70. The van der Waals surface area contributed by atoms with Gasteiger partial charge in [-0.3, -0.25) is 14.3 Å². The summed E-state index contributed by atoms with van der Waals surface area (Å²) >= 11 is 0.